The molecule has 0 spiro atoms. The summed E-state index contributed by atoms with van der Waals surface area (Å²) in [5.41, 5.74) is 0.578. The maximum atomic E-state index is 11.7. The van der Waals surface area contributed by atoms with Crippen molar-refractivity contribution in [1.82, 2.24) is 0 Å². The summed E-state index contributed by atoms with van der Waals surface area (Å²) in [5, 5.41) is 25.8. The van der Waals surface area contributed by atoms with Crippen LogP contribution in [0.2, 0.25) is 10.0 Å². The van der Waals surface area contributed by atoms with Crippen molar-refractivity contribution in [3.05, 3.63) is 49.0 Å². The van der Waals surface area contributed by atoms with Gasteiger partial charge in [-0.15, -0.1) is 11.3 Å². The minimum absolute atomic E-state index is 0.00888. The van der Waals surface area contributed by atoms with Crippen molar-refractivity contribution in [1.29, 1.82) is 0 Å². The molecule has 2 N–H and O–H groups in total. The molecule has 2 heterocycles. The van der Waals surface area contributed by atoms with Crippen molar-refractivity contribution in [2.75, 3.05) is 11.6 Å². The molecule has 1 aromatic heterocycles. The van der Waals surface area contributed by atoms with Crippen LogP contribution in [0, 0.1) is 5.92 Å². The highest BCUT2D eigenvalue weighted by Crippen LogP contribution is 2.45. The monoisotopic (exact) mass is 462 g/mol. The van der Waals surface area contributed by atoms with E-state index in [-0.39, 0.29) is 24.8 Å². The number of aliphatic hydroxyl groups is 1. The molecule has 0 bridgehead atoms. The van der Waals surface area contributed by atoms with E-state index in [2.05, 4.69) is 21.0 Å². The lowest BCUT2D eigenvalue weighted by atomic mass is 9.91. The van der Waals surface area contributed by atoms with E-state index < -0.39 is 11.9 Å². The molecule has 2 atom stereocenters. The molecule has 0 amide bonds. The smallest absolute Gasteiger partial charge is 0.352 e. The number of aliphatic carboxylic acids is 1. The Kier molecular flexibility index (Phi) is 5.70. The lowest BCUT2D eigenvalue weighted by Gasteiger charge is -2.27. The summed E-state index contributed by atoms with van der Waals surface area (Å²) in [7, 11) is 0. The zero-order valence-corrected chi connectivity index (χ0v) is 16.6. The second kappa shape index (κ2) is 7.63. The van der Waals surface area contributed by atoms with Crippen molar-refractivity contribution < 1.29 is 15.0 Å². The van der Waals surface area contributed by atoms with Gasteiger partial charge in [0.2, 0.25) is 0 Å². The lowest BCUT2D eigenvalue weighted by molar-refractivity contribution is -0.129. The molecule has 132 valence electrons. The Hall–Kier alpha value is -1.12. The number of benzene rings is 1. The van der Waals surface area contributed by atoms with Crippen LogP contribution in [-0.2, 0) is 4.79 Å². The number of carboxylic acid groups (broad SMARTS) is 1. The van der Waals surface area contributed by atoms with Crippen LogP contribution in [0.25, 0.3) is 0 Å². The standard InChI is InChI=1S/C16H13BrCl2N2O3S/c17-13-4-3-12(25-13)15-9(5-6-22)14(16(23)24)20-21(15)11-2-1-8(18)7-10(11)19/h1-4,7,9,15,22H,5-6H2,(H,23,24). The summed E-state index contributed by atoms with van der Waals surface area (Å²) in [6.45, 7) is -0.137. The molecular weight excluding hydrogens is 451 g/mol. The summed E-state index contributed by atoms with van der Waals surface area (Å²) in [5.74, 6) is -1.56. The quantitative estimate of drug-likeness (QED) is 0.666. The van der Waals surface area contributed by atoms with E-state index in [1.807, 2.05) is 12.1 Å². The Morgan fingerprint density at radius 3 is 2.64 bits per heavy atom. The topological polar surface area (TPSA) is 73.1 Å². The van der Waals surface area contributed by atoms with E-state index in [1.54, 1.807) is 23.2 Å². The van der Waals surface area contributed by atoms with E-state index in [0.717, 1.165) is 8.66 Å². The molecular formula is C16H13BrCl2N2O3S. The number of hydrazone groups is 1. The summed E-state index contributed by atoms with van der Waals surface area (Å²) in [6.07, 6.45) is 0.285. The van der Waals surface area contributed by atoms with Crippen molar-refractivity contribution in [3.63, 3.8) is 0 Å². The normalized spacial score (nSPS) is 20.0. The predicted octanol–water partition coefficient (Wildman–Crippen LogP) is 4.82. The van der Waals surface area contributed by atoms with Gasteiger partial charge in [0.15, 0.2) is 5.71 Å². The molecule has 3 rings (SSSR count). The minimum atomic E-state index is -1.10. The summed E-state index contributed by atoms with van der Waals surface area (Å²) >= 11 is 17.2. The Labute approximate surface area is 166 Å². The molecule has 0 saturated heterocycles. The van der Waals surface area contributed by atoms with Crippen LogP contribution in [0.4, 0.5) is 5.69 Å². The van der Waals surface area contributed by atoms with E-state index in [4.69, 9.17) is 23.2 Å². The van der Waals surface area contributed by atoms with Gasteiger partial charge >= 0.3 is 5.97 Å². The number of carboxylic acids is 1. The van der Waals surface area contributed by atoms with E-state index >= 15 is 0 Å². The van der Waals surface area contributed by atoms with Gasteiger partial charge in [-0.05, 0) is 52.7 Å². The fraction of sp³-hybridized carbons (Fsp3) is 0.250. The third-order valence-corrected chi connectivity index (χ3v) is 6.14. The van der Waals surface area contributed by atoms with Gasteiger partial charge in [-0.3, -0.25) is 5.01 Å². The highest BCUT2D eigenvalue weighted by Gasteiger charge is 2.43. The van der Waals surface area contributed by atoms with Crippen LogP contribution in [0.3, 0.4) is 0 Å². The number of hydrogen-bond donors (Lipinski definition) is 2. The average Bonchev–Trinajstić information content (AvgIpc) is 3.11. The SMILES string of the molecule is O=C(O)C1=NN(c2ccc(Cl)cc2Cl)C(c2ccc(Br)s2)C1CCO. The molecule has 5 nitrogen and oxygen atoms in total. The minimum Gasteiger partial charge on any atom is -0.477 e. The van der Waals surface area contributed by atoms with Crippen molar-refractivity contribution in [3.8, 4) is 0 Å². The van der Waals surface area contributed by atoms with Crippen molar-refractivity contribution in [2.24, 2.45) is 11.0 Å². The number of thiophene rings is 1. The Morgan fingerprint density at radius 1 is 1.32 bits per heavy atom. The van der Waals surface area contributed by atoms with E-state index in [9.17, 15) is 15.0 Å². The third-order valence-electron chi connectivity index (χ3n) is 3.91. The highest BCUT2D eigenvalue weighted by molar-refractivity contribution is 9.11. The number of rotatable bonds is 5. The van der Waals surface area contributed by atoms with Gasteiger partial charge in [0.1, 0.15) is 0 Å². The summed E-state index contributed by atoms with van der Waals surface area (Å²) in [4.78, 5) is 12.6. The van der Waals surface area contributed by atoms with Crippen molar-refractivity contribution in [2.45, 2.75) is 12.5 Å². The van der Waals surface area contributed by atoms with E-state index in [1.165, 1.54) is 11.3 Å². The Bertz CT molecular complexity index is 843. The van der Waals surface area contributed by atoms with Gasteiger partial charge in [-0.1, -0.05) is 23.2 Å². The number of hydrogen-bond acceptors (Lipinski definition) is 5. The molecule has 2 unspecified atom stereocenters. The molecule has 1 aromatic carbocycles. The summed E-state index contributed by atoms with van der Waals surface area (Å²) in [6, 6.07) is 8.43. The lowest BCUT2D eigenvalue weighted by Crippen LogP contribution is -2.28. The zero-order chi connectivity index (χ0) is 18.1. The number of halogens is 3. The first-order chi connectivity index (χ1) is 11.9. The molecule has 1 aliphatic rings. The van der Waals surface area contributed by atoms with Crippen LogP contribution in [0.15, 0.2) is 39.2 Å². The van der Waals surface area contributed by atoms with Gasteiger partial charge in [-0.25, -0.2) is 4.79 Å². The maximum absolute atomic E-state index is 11.7. The molecule has 9 heteroatoms. The number of aliphatic hydroxyl groups excluding tert-OH is 1. The fourth-order valence-corrected chi connectivity index (χ4v) is 4.95. The summed E-state index contributed by atoms with van der Waals surface area (Å²) < 4.78 is 0.927. The first-order valence-electron chi connectivity index (χ1n) is 7.34. The second-order valence-electron chi connectivity index (χ2n) is 5.44. The van der Waals surface area contributed by atoms with Gasteiger partial charge in [0, 0.05) is 22.4 Å². The molecule has 2 aromatic rings. The van der Waals surface area contributed by atoms with E-state index in [0.29, 0.717) is 15.7 Å². The van der Waals surface area contributed by atoms with Crippen molar-refractivity contribution >= 4 is 67.8 Å². The number of anilines is 1. The molecule has 1 aliphatic heterocycles. The predicted molar refractivity (Wildman–Crippen MR) is 104 cm³/mol. The van der Waals surface area contributed by atoms with Crippen LogP contribution in [-0.4, -0.2) is 28.5 Å². The Balaban J connectivity index is 2.13. The molecule has 0 saturated carbocycles. The van der Waals surface area contributed by atoms with Crippen LogP contribution in [0.5, 0.6) is 0 Å². The zero-order valence-electron chi connectivity index (χ0n) is 12.7. The highest BCUT2D eigenvalue weighted by atomic mass is 79.9. The first kappa shape index (κ1) is 18.7. The first-order valence-corrected chi connectivity index (χ1v) is 9.71. The van der Waals surface area contributed by atoms with Crippen LogP contribution in [0.1, 0.15) is 17.3 Å². The third kappa shape index (κ3) is 3.71. The number of nitrogens with zero attached hydrogens (tertiary/aromatic N) is 2. The van der Waals surface area contributed by atoms with Crippen LogP contribution < -0.4 is 5.01 Å². The second-order valence-corrected chi connectivity index (χ2v) is 8.77. The maximum Gasteiger partial charge on any atom is 0.352 e. The molecule has 0 aliphatic carbocycles. The van der Waals surface area contributed by atoms with Gasteiger partial charge < -0.3 is 10.2 Å². The average molecular weight is 464 g/mol. The van der Waals surface area contributed by atoms with Crippen LogP contribution >= 0.6 is 50.5 Å². The van der Waals surface area contributed by atoms with Gasteiger partial charge in [0.25, 0.3) is 0 Å². The fourth-order valence-electron chi connectivity index (χ4n) is 2.88. The van der Waals surface area contributed by atoms with Gasteiger partial charge in [-0.2, -0.15) is 5.10 Å². The molecule has 25 heavy (non-hydrogen) atoms. The molecule has 0 fully saturated rings. The van der Waals surface area contributed by atoms with Gasteiger partial charge in [0.05, 0.1) is 20.5 Å². The molecule has 0 radical (unpaired) electrons. The number of carbonyl (C=O) groups is 1. The Morgan fingerprint density at radius 2 is 2.08 bits per heavy atom. The largest absolute Gasteiger partial charge is 0.477 e.